The second kappa shape index (κ2) is 8.77. The van der Waals surface area contributed by atoms with E-state index in [-0.39, 0.29) is 29.3 Å². The highest BCUT2D eigenvalue weighted by Gasteiger charge is 2.28. The van der Waals surface area contributed by atoms with E-state index in [0.717, 1.165) is 22.9 Å². The van der Waals surface area contributed by atoms with E-state index in [0.29, 0.717) is 29.9 Å². The van der Waals surface area contributed by atoms with E-state index >= 15 is 0 Å². The zero-order chi connectivity index (χ0) is 24.7. The third-order valence-electron chi connectivity index (χ3n) is 5.64. The van der Waals surface area contributed by atoms with Gasteiger partial charge in [-0.25, -0.2) is 4.98 Å². The Bertz CT molecular complexity index is 1220. The smallest absolute Gasteiger partial charge is 0.402 e. The fourth-order valence-electron chi connectivity index (χ4n) is 3.94. The summed E-state index contributed by atoms with van der Waals surface area (Å²) in [5, 5.41) is 17.2. The van der Waals surface area contributed by atoms with Crippen LogP contribution >= 0.6 is 0 Å². The molecule has 1 aliphatic heterocycles. The van der Waals surface area contributed by atoms with Gasteiger partial charge in [0, 0.05) is 30.1 Å². The highest BCUT2D eigenvalue weighted by molar-refractivity contribution is 5.90. The van der Waals surface area contributed by atoms with E-state index < -0.39 is 12.7 Å². The van der Waals surface area contributed by atoms with Crippen molar-refractivity contribution in [3.63, 3.8) is 0 Å². The summed E-state index contributed by atoms with van der Waals surface area (Å²) in [5.74, 6) is 0.181. The summed E-state index contributed by atoms with van der Waals surface area (Å²) < 4.78 is 44.0. The van der Waals surface area contributed by atoms with Gasteiger partial charge >= 0.3 is 12.2 Å². The maximum Gasteiger partial charge on any atom is 0.405 e. The summed E-state index contributed by atoms with van der Waals surface area (Å²) in [6.45, 7) is 7.27. The molecule has 0 aliphatic carbocycles. The first-order chi connectivity index (χ1) is 15.9. The first-order valence-electron chi connectivity index (χ1n) is 11.0. The summed E-state index contributed by atoms with van der Waals surface area (Å²) >= 11 is 0. The molecule has 3 aromatic rings. The van der Waals surface area contributed by atoms with Crippen LogP contribution in [-0.2, 0) is 10.2 Å². The van der Waals surface area contributed by atoms with Crippen LogP contribution in [0.25, 0.3) is 22.5 Å². The topological polar surface area (TPSA) is 105 Å². The molecule has 4 rings (SSSR count). The second-order valence-corrected chi connectivity index (χ2v) is 9.56. The van der Waals surface area contributed by atoms with Gasteiger partial charge in [0.15, 0.2) is 0 Å². The monoisotopic (exact) mass is 476 g/mol. The van der Waals surface area contributed by atoms with Crippen molar-refractivity contribution >= 4 is 28.5 Å². The SMILES string of the molecule is Cc1cc(-c2nnc(NC3CCNC(=O)C3)o2)nc2c(C(C)(C)C)cc(NCC(F)(F)F)cc12. The van der Waals surface area contributed by atoms with Crippen molar-refractivity contribution in [3.8, 4) is 11.6 Å². The predicted molar refractivity (Wildman–Crippen MR) is 123 cm³/mol. The second-order valence-electron chi connectivity index (χ2n) is 9.56. The molecule has 11 heteroatoms. The van der Waals surface area contributed by atoms with E-state index in [1.165, 1.54) is 0 Å². The Morgan fingerprint density at radius 3 is 2.62 bits per heavy atom. The minimum atomic E-state index is -4.32. The van der Waals surface area contributed by atoms with Crippen molar-refractivity contribution < 1.29 is 22.4 Å². The number of benzene rings is 1. The van der Waals surface area contributed by atoms with Crippen LogP contribution in [0.1, 0.15) is 44.7 Å². The Morgan fingerprint density at radius 2 is 1.94 bits per heavy atom. The number of hydrogen-bond donors (Lipinski definition) is 3. The number of carbonyl (C=O) groups is 1. The molecule has 3 heterocycles. The standard InChI is InChI=1S/C23H27F3N6O2/c1-12-7-17(20-31-32-21(34-20)29-13-5-6-27-18(33)10-13)30-19-15(12)8-14(28-11-23(24,25)26)9-16(19)22(2,3)4/h7-9,13,28H,5-6,10-11H2,1-4H3,(H,27,33)(H,29,32). The third-order valence-corrected chi connectivity index (χ3v) is 5.64. The number of pyridine rings is 1. The lowest BCUT2D eigenvalue weighted by molar-refractivity contribution is -0.122. The number of hydrogen-bond acceptors (Lipinski definition) is 7. The van der Waals surface area contributed by atoms with Gasteiger partial charge in [-0.15, -0.1) is 5.10 Å². The maximum absolute atomic E-state index is 12.8. The number of halogens is 3. The summed E-state index contributed by atoms with van der Waals surface area (Å²) in [5.41, 5.74) is 2.75. The number of aryl methyl sites for hydroxylation is 1. The Balaban J connectivity index is 1.69. The van der Waals surface area contributed by atoms with Gasteiger partial charge in [0.05, 0.1) is 5.52 Å². The summed E-state index contributed by atoms with van der Waals surface area (Å²) in [4.78, 5) is 16.3. The number of carbonyl (C=O) groups excluding carboxylic acids is 1. The molecule has 2 aromatic heterocycles. The summed E-state index contributed by atoms with van der Waals surface area (Å²) in [6.07, 6.45) is -3.25. The highest BCUT2D eigenvalue weighted by atomic mass is 19.4. The molecular weight excluding hydrogens is 449 g/mol. The Labute approximate surface area is 194 Å². The number of nitrogens with zero attached hydrogens (tertiary/aromatic N) is 3. The van der Waals surface area contributed by atoms with Crippen molar-refractivity contribution in [2.75, 3.05) is 23.7 Å². The van der Waals surface area contributed by atoms with Gasteiger partial charge in [0.2, 0.25) is 5.91 Å². The Hall–Kier alpha value is -3.37. The van der Waals surface area contributed by atoms with Crippen LogP contribution in [0.4, 0.5) is 24.9 Å². The average molecular weight is 477 g/mol. The molecule has 8 nitrogen and oxygen atoms in total. The molecule has 34 heavy (non-hydrogen) atoms. The van der Waals surface area contributed by atoms with Crippen LogP contribution < -0.4 is 16.0 Å². The minimum Gasteiger partial charge on any atom is -0.402 e. The lowest BCUT2D eigenvalue weighted by Gasteiger charge is -2.23. The van der Waals surface area contributed by atoms with Crippen LogP contribution in [0.5, 0.6) is 0 Å². The number of rotatable bonds is 5. The largest absolute Gasteiger partial charge is 0.405 e. The molecule has 1 saturated heterocycles. The van der Waals surface area contributed by atoms with E-state index in [9.17, 15) is 18.0 Å². The molecule has 0 bridgehead atoms. The van der Waals surface area contributed by atoms with Crippen LogP contribution in [0.15, 0.2) is 22.6 Å². The summed E-state index contributed by atoms with van der Waals surface area (Å²) in [7, 11) is 0. The number of amides is 1. The van der Waals surface area contributed by atoms with Crippen LogP contribution in [0.3, 0.4) is 0 Å². The number of aromatic nitrogens is 3. The molecule has 0 spiro atoms. The molecule has 0 saturated carbocycles. The van der Waals surface area contributed by atoms with Gasteiger partial charge < -0.3 is 20.4 Å². The highest BCUT2D eigenvalue weighted by Crippen LogP contribution is 2.35. The van der Waals surface area contributed by atoms with Crippen molar-refractivity contribution in [2.45, 2.75) is 58.2 Å². The zero-order valence-corrected chi connectivity index (χ0v) is 19.4. The van der Waals surface area contributed by atoms with Crippen molar-refractivity contribution in [3.05, 3.63) is 29.3 Å². The molecule has 0 radical (unpaired) electrons. The van der Waals surface area contributed by atoms with Gasteiger partial charge in [-0.3, -0.25) is 4.79 Å². The summed E-state index contributed by atoms with van der Waals surface area (Å²) in [6, 6.07) is 5.27. The third kappa shape index (κ3) is 5.40. The average Bonchev–Trinajstić information content (AvgIpc) is 3.19. The quantitative estimate of drug-likeness (QED) is 0.496. The Morgan fingerprint density at radius 1 is 1.18 bits per heavy atom. The molecule has 1 amide bonds. The lowest BCUT2D eigenvalue weighted by Crippen LogP contribution is -2.39. The minimum absolute atomic E-state index is 0.0332. The molecule has 1 atom stereocenters. The molecule has 1 unspecified atom stereocenters. The van der Waals surface area contributed by atoms with Crippen LogP contribution in [0, 0.1) is 6.92 Å². The molecule has 1 aliphatic rings. The number of fused-ring (bicyclic) bond motifs is 1. The predicted octanol–water partition coefficient (Wildman–Crippen LogP) is 4.56. The zero-order valence-electron chi connectivity index (χ0n) is 19.4. The normalized spacial score (nSPS) is 17.0. The molecule has 182 valence electrons. The molecular formula is C23H27F3N6O2. The molecule has 3 N–H and O–H groups in total. The van der Waals surface area contributed by atoms with Crippen LogP contribution in [0.2, 0.25) is 0 Å². The molecule has 1 aromatic carbocycles. The van der Waals surface area contributed by atoms with E-state index in [2.05, 4.69) is 26.1 Å². The number of anilines is 2. The number of piperidine rings is 1. The van der Waals surface area contributed by atoms with E-state index in [4.69, 9.17) is 9.40 Å². The van der Waals surface area contributed by atoms with Crippen molar-refractivity contribution in [1.82, 2.24) is 20.5 Å². The number of nitrogens with one attached hydrogen (secondary N) is 3. The number of alkyl halides is 3. The fraction of sp³-hybridized carbons (Fsp3) is 0.478. The van der Waals surface area contributed by atoms with Gasteiger partial charge in [-0.1, -0.05) is 25.9 Å². The Kier molecular flexibility index (Phi) is 6.13. The van der Waals surface area contributed by atoms with Crippen LogP contribution in [-0.4, -0.2) is 46.4 Å². The first-order valence-corrected chi connectivity index (χ1v) is 11.0. The lowest BCUT2D eigenvalue weighted by atomic mass is 9.84. The van der Waals surface area contributed by atoms with Gasteiger partial charge in [-0.2, -0.15) is 13.2 Å². The van der Waals surface area contributed by atoms with Gasteiger partial charge in [-0.05, 0) is 48.1 Å². The van der Waals surface area contributed by atoms with Crippen molar-refractivity contribution in [2.24, 2.45) is 0 Å². The van der Waals surface area contributed by atoms with Gasteiger partial charge in [0.25, 0.3) is 5.89 Å². The maximum atomic E-state index is 12.8. The van der Waals surface area contributed by atoms with E-state index in [1.54, 1.807) is 18.2 Å². The van der Waals surface area contributed by atoms with Crippen molar-refractivity contribution in [1.29, 1.82) is 0 Å². The van der Waals surface area contributed by atoms with Gasteiger partial charge in [0.1, 0.15) is 12.2 Å². The first kappa shape index (κ1) is 23.8. The molecule has 1 fully saturated rings. The fourth-order valence-corrected chi connectivity index (χ4v) is 3.94. The van der Waals surface area contributed by atoms with E-state index in [1.807, 2.05) is 27.7 Å².